The van der Waals surface area contributed by atoms with Crippen LogP contribution < -0.4 is 23.0 Å². The van der Waals surface area contributed by atoms with Crippen LogP contribution in [0.15, 0.2) is 24.3 Å². The number of nitrogens with one attached hydrogen (secondary N) is 2. The minimum atomic E-state index is 0. The quantitative estimate of drug-likeness (QED) is 0.350. The Balaban J connectivity index is 0.00000180. The molecule has 0 atom stereocenters. The summed E-state index contributed by atoms with van der Waals surface area (Å²) in [5.41, 5.74) is 2.56. The molecule has 1 heterocycles. The van der Waals surface area contributed by atoms with Gasteiger partial charge in [0.15, 0.2) is 0 Å². The fourth-order valence-electron chi connectivity index (χ4n) is 1.97. The maximum atomic E-state index is 9.90. The molecule has 0 saturated carbocycles. The monoisotopic (exact) mass is 283 g/mol. The largest absolute Gasteiger partial charge is 1.00 e. The Morgan fingerprint density at radius 2 is 1.63 bits per heavy atom. The van der Waals surface area contributed by atoms with E-state index in [1.165, 1.54) is 10.3 Å². The summed E-state index contributed by atoms with van der Waals surface area (Å²) in [6.45, 7) is 8.79. The molecule has 0 aliphatic carbocycles. The fourth-order valence-corrected chi connectivity index (χ4v) is 1.97. The first kappa shape index (κ1) is 15.6. The number of rotatable bonds is 2. The molecule has 4 nitrogen and oxygen atoms in total. The lowest BCUT2D eigenvalue weighted by atomic mass is 9.87. The number of halogens is 1. The van der Waals surface area contributed by atoms with Crippen LogP contribution in [0.1, 0.15) is 31.9 Å². The van der Waals surface area contributed by atoms with Crippen molar-refractivity contribution in [3.63, 3.8) is 0 Å². The van der Waals surface area contributed by atoms with E-state index in [-0.39, 0.29) is 17.8 Å². The van der Waals surface area contributed by atoms with Crippen LogP contribution in [-0.2, 0) is 12.0 Å². The molecule has 19 heavy (non-hydrogen) atoms. The summed E-state index contributed by atoms with van der Waals surface area (Å²) < 4.78 is 1.22. The Kier molecular flexibility index (Phi) is 5.06. The Bertz CT molecular complexity index is 441. The zero-order valence-electron chi connectivity index (χ0n) is 11.7. The topological polar surface area (TPSA) is 47.3 Å². The fraction of sp³-hybridized carbons (Fsp3) is 0.500. The van der Waals surface area contributed by atoms with Crippen LogP contribution in [0.2, 0.25) is 0 Å². The highest BCUT2D eigenvalue weighted by Gasteiger charge is 2.18. The Hall–Kier alpha value is -1.42. The van der Waals surface area contributed by atoms with Crippen molar-refractivity contribution in [2.24, 2.45) is 0 Å². The van der Waals surface area contributed by atoms with Gasteiger partial charge in [-0.25, -0.2) is 0 Å². The predicted molar refractivity (Wildman–Crippen MR) is 71.9 cm³/mol. The van der Waals surface area contributed by atoms with E-state index in [4.69, 9.17) is 0 Å². The van der Waals surface area contributed by atoms with E-state index in [0.717, 1.165) is 18.7 Å². The highest BCUT2D eigenvalue weighted by atomic mass is 35.5. The molecule has 2 rings (SSSR count). The normalized spacial score (nSPS) is 14.4. The first-order chi connectivity index (χ1) is 8.47. The van der Waals surface area contributed by atoms with Crippen molar-refractivity contribution in [2.75, 3.05) is 13.1 Å². The summed E-state index contributed by atoms with van der Waals surface area (Å²) in [4.78, 5) is 0. The smallest absolute Gasteiger partial charge is 0.382 e. The molecule has 0 bridgehead atoms. The van der Waals surface area contributed by atoms with Gasteiger partial charge in [-0.05, 0) is 16.5 Å². The molecule has 0 amide bonds. The molecule has 1 aliphatic heterocycles. The van der Waals surface area contributed by atoms with Gasteiger partial charge < -0.3 is 17.6 Å². The lowest BCUT2D eigenvalue weighted by molar-refractivity contribution is -0.788. The summed E-state index contributed by atoms with van der Waals surface area (Å²) in [7, 11) is 0. The molecule has 1 aliphatic rings. The molecule has 5 heteroatoms. The van der Waals surface area contributed by atoms with E-state index >= 15 is 0 Å². The van der Waals surface area contributed by atoms with Crippen LogP contribution in [-0.4, -0.2) is 29.0 Å². The third-order valence-electron chi connectivity index (χ3n) is 3.12. The zero-order valence-corrected chi connectivity index (χ0v) is 12.5. The van der Waals surface area contributed by atoms with Crippen molar-refractivity contribution >= 4 is 5.96 Å². The second-order valence-electron chi connectivity index (χ2n) is 5.71. The standard InChI is InChI=1S/C14H21N3O.ClH/c1-14(2,3)12-6-4-11(5-7-12)10-17(18)13-15-8-9-16-13;/h4-7,18H,8-10H2,1-3H3,(H,15,16);1H. The van der Waals surface area contributed by atoms with Crippen LogP contribution in [0.4, 0.5) is 0 Å². The van der Waals surface area contributed by atoms with Crippen molar-refractivity contribution in [2.45, 2.75) is 32.7 Å². The average Bonchev–Trinajstić information content (AvgIpc) is 2.82. The van der Waals surface area contributed by atoms with E-state index in [1.807, 2.05) is 0 Å². The zero-order chi connectivity index (χ0) is 13.2. The summed E-state index contributed by atoms with van der Waals surface area (Å²) in [5, 5.41) is 16.1. The molecule has 1 aromatic carbocycles. The number of hydrogen-bond acceptors (Lipinski definition) is 1. The lowest BCUT2D eigenvalue weighted by Gasteiger charge is -2.19. The molecule has 1 saturated heterocycles. The van der Waals surface area contributed by atoms with Gasteiger partial charge in [0.05, 0.1) is 13.1 Å². The van der Waals surface area contributed by atoms with Crippen molar-refractivity contribution < 1.29 is 22.4 Å². The maximum Gasteiger partial charge on any atom is 0.382 e. The van der Waals surface area contributed by atoms with Crippen molar-refractivity contribution in [3.8, 4) is 0 Å². The third kappa shape index (κ3) is 4.03. The molecule has 0 aromatic heterocycles. The van der Waals surface area contributed by atoms with Gasteiger partial charge in [-0.3, -0.25) is 10.6 Å². The molecule has 3 N–H and O–H groups in total. The molecule has 106 valence electrons. The number of hydroxylamine groups is 1. The molecular formula is C14H22ClN3O. The highest BCUT2D eigenvalue weighted by molar-refractivity contribution is 5.76. The van der Waals surface area contributed by atoms with Crippen LogP contribution >= 0.6 is 0 Å². The number of hydrogen-bond donors (Lipinski definition) is 3. The third-order valence-corrected chi connectivity index (χ3v) is 3.12. The first-order valence-corrected chi connectivity index (χ1v) is 6.37. The van der Waals surface area contributed by atoms with Crippen LogP contribution in [0.25, 0.3) is 0 Å². The van der Waals surface area contributed by atoms with Gasteiger partial charge in [0.25, 0.3) is 0 Å². The van der Waals surface area contributed by atoms with Gasteiger partial charge in [-0.15, -0.1) is 0 Å². The summed E-state index contributed by atoms with van der Waals surface area (Å²) >= 11 is 0. The van der Waals surface area contributed by atoms with E-state index in [9.17, 15) is 5.21 Å². The second-order valence-corrected chi connectivity index (χ2v) is 5.71. The SMILES string of the molecule is CC(C)(C)c1ccc(C[N+](O)=C2NCCN2)cc1.[Cl-]. The second kappa shape index (κ2) is 6.15. The number of guanidine groups is 1. The maximum absolute atomic E-state index is 9.90. The number of nitrogens with zero attached hydrogens (tertiary/aromatic N) is 1. The Morgan fingerprint density at radius 1 is 1.11 bits per heavy atom. The van der Waals surface area contributed by atoms with Gasteiger partial charge in [0.2, 0.25) is 0 Å². The minimum Gasteiger partial charge on any atom is -1.00 e. The van der Waals surface area contributed by atoms with E-state index < -0.39 is 0 Å². The molecular weight excluding hydrogens is 262 g/mol. The van der Waals surface area contributed by atoms with Gasteiger partial charge in [-0.1, -0.05) is 49.8 Å². The molecule has 1 aromatic rings. The van der Waals surface area contributed by atoms with Crippen LogP contribution in [0.5, 0.6) is 0 Å². The summed E-state index contributed by atoms with van der Waals surface area (Å²) in [5.74, 6) is 0.690. The van der Waals surface area contributed by atoms with Gasteiger partial charge >= 0.3 is 5.96 Å². The van der Waals surface area contributed by atoms with Gasteiger partial charge in [0, 0.05) is 0 Å². The van der Waals surface area contributed by atoms with Gasteiger partial charge in [0.1, 0.15) is 6.54 Å². The van der Waals surface area contributed by atoms with Crippen molar-refractivity contribution in [1.82, 2.24) is 10.6 Å². The van der Waals surface area contributed by atoms with E-state index in [1.54, 1.807) is 0 Å². The van der Waals surface area contributed by atoms with Crippen LogP contribution in [0, 0.1) is 0 Å². The van der Waals surface area contributed by atoms with Crippen molar-refractivity contribution in [1.29, 1.82) is 0 Å². The van der Waals surface area contributed by atoms with Crippen LogP contribution in [0.3, 0.4) is 0 Å². The van der Waals surface area contributed by atoms with Crippen molar-refractivity contribution in [3.05, 3.63) is 35.4 Å². The number of benzene rings is 1. The Labute approximate surface area is 120 Å². The molecule has 0 spiro atoms. The highest BCUT2D eigenvalue weighted by Crippen LogP contribution is 2.22. The van der Waals surface area contributed by atoms with E-state index in [0.29, 0.717) is 12.5 Å². The molecule has 0 unspecified atom stereocenters. The average molecular weight is 284 g/mol. The predicted octanol–water partition coefficient (Wildman–Crippen LogP) is -1.56. The summed E-state index contributed by atoms with van der Waals surface area (Å²) in [6.07, 6.45) is 0. The van der Waals surface area contributed by atoms with E-state index in [2.05, 4.69) is 55.7 Å². The lowest BCUT2D eigenvalue weighted by Crippen LogP contribution is -3.00. The Morgan fingerprint density at radius 3 is 2.11 bits per heavy atom. The molecule has 1 fully saturated rings. The molecule has 0 radical (unpaired) electrons. The minimum absolute atomic E-state index is 0. The first-order valence-electron chi connectivity index (χ1n) is 6.37. The van der Waals surface area contributed by atoms with Gasteiger partial charge in [-0.2, -0.15) is 0 Å². The summed E-state index contributed by atoms with van der Waals surface area (Å²) in [6, 6.07) is 8.39.